The summed E-state index contributed by atoms with van der Waals surface area (Å²) in [5.41, 5.74) is 2.47. The van der Waals surface area contributed by atoms with Gasteiger partial charge in [-0.2, -0.15) is 0 Å². The minimum atomic E-state index is 0.421. The summed E-state index contributed by atoms with van der Waals surface area (Å²) in [6.07, 6.45) is 2.17. The molecule has 0 unspecified atom stereocenters. The van der Waals surface area contributed by atoms with Crippen LogP contribution >= 0.6 is 15.9 Å². The van der Waals surface area contributed by atoms with Gasteiger partial charge in [0.15, 0.2) is 11.5 Å². The lowest BCUT2D eigenvalue weighted by Gasteiger charge is -2.17. The maximum Gasteiger partial charge on any atom is 0.165 e. The van der Waals surface area contributed by atoms with Crippen LogP contribution in [0.3, 0.4) is 0 Å². The van der Waals surface area contributed by atoms with Crippen LogP contribution in [0.2, 0.25) is 0 Å². The van der Waals surface area contributed by atoms with Crippen molar-refractivity contribution in [3.63, 3.8) is 0 Å². The second-order valence-electron chi connectivity index (χ2n) is 5.61. The molecule has 0 radical (unpaired) electrons. The summed E-state index contributed by atoms with van der Waals surface area (Å²) in [5.74, 6) is 1.54. The molecule has 0 fully saturated rings. The van der Waals surface area contributed by atoms with Crippen LogP contribution in [0.4, 0.5) is 0 Å². The number of aryl methyl sites for hydroxylation is 1. The maximum absolute atomic E-state index is 5.50. The van der Waals surface area contributed by atoms with Gasteiger partial charge in [0.2, 0.25) is 0 Å². The van der Waals surface area contributed by atoms with Gasteiger partial charge in [0, 0.05) is 22.6 Å². The Morgan fingerprint density at radius 3 is 2.48 bits per heavy atom. The molecule has 1 atom stereocenters. The lowest BCUT2D eigenvalue weighted by atomic mass is 10.1. The van der Waals surface area contributed by atoms with Crippen LogP contribution in [0.1, 0.15) is 24.5 Å². The fraction of sp³-hybridized carbons (Fsp3) is 0.368. The highest BCUT2D eigenvalue weighted by Gasteiger charge is 2.12. The van der Waals surface area contributed by atoms with Crippen molar-refractivity contribution in [3.8, 4) is 11.5 Å². The van der Waals surface area contributed by atoms with Crippen LogP contribution in [0.5, 0.6) is 11.5 Å². The van der Waals surface area contributed by atoms with E-state index in [0.717, 1.165) is 40.9 Å². The van der Waals surface area contributed by atoms with Gasteiger partial charge in [0.05, 0.1) is 14.2 Å². The Balaban J connectivity index is 1.93. The normalized spacial score (nSPS) is 12.0. The van der Waals surface area contributed by atoms with Crippen molar-refractivity contribution in [2.75, 3.05) is 14.2 Å². The van der Waals surface area contributed by atoms with Crippen LogP contribution in [0, 0.1) is 0 Å². The van der Waals surface area contributed by atoms with Crippen LogP contribution in [-0.2, 0) is 13.0 Å². The van der Waals surface area contributed by atoms with Crippen LogP contribution < -0.4 is 14.8 Å². The van der Waals surface area contributed by atoms with Crippen molar-refractivity contribution < 1.29 is 9.47 Å². The molecule has 0 aliphatic heterocycles. The lowest BCUT2D eigenvalue weighted by Crippen LogP contribution is -2.26. The van der Waals surface area contributed by atoms with Crippen LogP contribution in [0.25, 0.3) is 0 Å². The molecule has 124 valence electrons. The SMILES string of the molecule is COc1cc(Br)cc(CN[C@H](C)CCc2ccccc2)c1OC. The average Bonchev–Trinajstić information content (AvgIpc) is 2.58. The van der Waals surface area contributed by atoms with Gasteiger partial charge in [-0.1, -0.05) is 46.3 Å². The zero-order valence-corrected chi connectivity index (χ0v) is 15.5. The number of nitrogens with one attached hydrogen (secondary N) is 1. The first-order valence-electron chi connectivity index (χ1n) is 7.81. The maximum atomic E-state index is 5.50. The first-order valence-corrected chi connectivity index (χ1v) is 8.61. The van der Waals surface area contributed by atoms with E-state index in [2.05, 4.69) is 64.6 Å². The van der Waals surface area contributed by atoms with E-state index in [0.29, 0.717) is 6.04 Å². The van der Waals surface area contributed by atoms with Crippen LogP contribution in [-0.4, -0.2) is 20.3 Å². The topological polar surface area (TPSA) is 30.5 Å². The fourth-order valence-electron chi connectivity index (χ4n) is 2.55. The Morgan fingerprint density at radius 2 is 1.83 bits per heavy atom. The summed E-state index contributed by atoms with van der Waals surface area (Å²) in [6, 6.07) is 15.0. The monoisotopic (exact) mass is 377 g/mol. The molecule has 0 saturated carbocycles. The molecule has 2 aromatic carbocycles. The molecule has 0 heterocycles. The minimum absolute atomic E-state index is 0.421. The van der Waals surface area contributed by atoms with Crippen molar-refractivity contribution in [2.24, 2.45) is 0 Å². The van der Waals surface area contributed by atoms with Gasteiger partial charge in [0.25, 0.3) is 0 Å². The molecule has 2 rings (SSSR count). The van der Waals surface area contributed by atoms with Gasteiger partial charge in [0.1, 0.15) is 0 Å². The third-order valence-corrected chi connectivity index (χ3v) is 4.33. The molecule has 0 saturated heterocycles. The van der Waals surface area contributed by atoms with Crippen molar-refractivity contribution in [3.05, 3.63) is 58.1 Å². The molecule has 0 amide bonds. The lowest BCUT2D eigenvalue weighted by molar-refractivity contribution is 0.349. The van der Waals surface area contributed by atoms with E-state index >= 15 is 0 Å². The van der Waals surface area contributed by atoms with Crippen molar-refractivity contribution in [1.82, 2.24) is 5.32 Å². The highest BCUT2D eigenvalue weighted by Crippen LogP contribution is 2.34. The number of benzene rings is 2. The van der Waals surface area contributed by atoms with Gasteiger partial charge in [-0.05, 0) is 37.5 Å². The van der Waals surface area contributed by atoms with Crippen molar-refractivity contribution >= 4 is 15.9 Å². The van der Waals surface area contributed by atoms with E-state index in [1.807, 2.05) is 6.07 Å². The van der Waals surface area contributed by atoms with Gasteiger partial charge >= 0.3 is 0 Å². The number of hydrogen-bond acceptors (Lipinski definition) is 3. The van der Waals surface area contributed by atoms with E-state index in [1.54, 1.807) is 14.2 Å². The third kappa shape index (κ3) is 5.26. The summed E-state index contributed by atoms with van der Waals surface area (Å²) in [5, 5.41) is 3.57. The Morgan fingerprint density at radius 1 is 1.09 bits per heavy atom. The Bertz CT molecular complexity index is 616. The van der Waals surface area contributed by atoms with E-state index in [4.69, 9.17) is 9.47 Å². The predicted octanol–water partition coefficient (Wildman–Crippen LogP) is 4.58. The van der Waals surface area contributed by atoms with Crippen LogP contribution in [0.15, 0.2) is 46.9 Å². The molecule has 0 bridgehead atoms. The summed E-state index contributed by atoms with van der Waals surface area (Å²) in [4.78, 5) is 0. The number of halogens is 1. The van der Waals surface area contributed by atoms with Gasteiger partial charge in [-0.15, -0.1) is 0 Å². The van der Waals surface area contributed by atoms with E-state index in [-0.39, 0.29) is 0 Å². The zero-order chi connectivity index (χ0) is 16.7. The largest absolute Gasteiger partial charge is 0.493 e. The molecule has 0 spiro atoms. The fourth-order valence-corrected chi connectivity index (χ4v) is 3.04. The predicted molar refractivity (Wildman–Crippen MR) is 98.3 cm³/mol. The van der Waals surface area contributed by atoms with E-state index < -0.39 is 0 Å². The Kier molecular flexibility index (Phi) is 6.93. The number of ether oxygens (including phenoxy) is 2. The molecule has 23 heavy (non-hydrogen) atoms. The van der Waals surface area contributed by atoms with Crippen molar-refractivity contribution in [2.45, 2.75) is 32.4 Å². The standard InChI is InChI=1S/C19H24BrNO2/c1-14(9-10-15-7-5-4-6-8-15)21-13-16-11-17(20)12-18(22-2)19(16)23-3/h4-8,11-12,14,21H,9-10,13H2,1-3H3/t14-/m1/s1. The molecule has 0 aliphatic rings. The molecular formula is C19H24BrNO2. The highest BCUT2D eigenvalue weighted by atomic mass is 79.9. The summed E-state index contributed by atoms with van der Waals surface area (Å²) in [7, 11) is 3.33. The van der Waals surface area contributed by atoms with Gasteiger partial charge in [-0.3, -0.25) is 0 Å². The van der Waals surface area contributed by atoms with E-state index in [1.165, 1.54) is 5.56 Å². The first-order chi connectivity index (χ1) is 11.1. The summed E-state index contributed by atoms with van der Waals surface area (Å²) in [6.45, 7) is 2.96. The first kappa shape index (κ1) is 17.8. The second-order valence-corrected chi connectivity index (χ2v) is 6.52. The van der Waals surface area contributed by atoms with Gasteiger partial charge < -0.3 is 14.8 Å². The number of methoxy groups -OCH3 is 2. The van der Waals surface area contributed by atoms with Crippen molar-refractivity contribution in [1.29, 1.82) is 0 Å². The quantitative estimate of drug-likeness (QED) is 0.730. The highest BCUT2D eigenvalue weighted by molar-refractivity contribution is 9.10. The Labute approximate surface area is 147 Å². The molecule has 1 N–H and O–H groups in total. The second kappa shape index (κ2) is 8.94. The molecule has 3 nitrogen and oxygen atoms in total. The summed E-state index contributed by atoms with van der Waals surface area (Å²) >= 11 is 3.52. The third-order valence-electron chi connectivity index (χ3n) is 3.87. The average molecular weight is 378 g/mol. The minimum Gasteiger partial charge on any atom is -0.493 e. The van der Waals surface area contributed by atoms with E-state index in [9.17, 15) is 0 Å². The molecular weight excluding hydrogens is 354 g/mol. The van der Waals surface area contributed by atoms with Gasteiger partial charge in [-0.25, -0.2) is 0 Å². The molecule has 0 aromatic heterocycles. The number of rotatable bonds is 8. The molecule has 4 heteroatoms. The summed E-state index contributed by atoms with van der Waals surface area (Å²) < 4.78 is 11.9. The Hall–Kier alpha value is -1.52. The number of hydrogen-bond donors (Lipinski definition) is 1. The zero-order valence-electron chi connectivity index (χ0n) is 13.9. The smallest absolute Gasteiger partial charge is 0.165 e. The molecule has 0 aliphatic carbocycles. The molecule has 2 aromatic rings.